The van der Waals surface area contributed by atoms with Crippen molar-refractivity contribution in [2.75, 3.05) is 0 Å². The molecule has 1 aromatic heterocycles. The van der Waals surface area contributed by atoms with Gasteiger partial charge in [0.25, 0.3) is 0 Å². The number of rotatable bonds is 1. The highest BCUT2D eigenvalue weighted by Crippen LogP contribution is 2.51. The Balaban J connectivity index is 2.01. The molecule has 0 saturated heterocycles. The molecular formula is C22H14FN. The quantitative estimate of drug-likeness (QED) is 0.454. The van der Waals surface area contributed by atoms with Gasteiger partial charge in [-0.25, -0.2) is 4.39 Å². The molecule has 1 atom stereocenters. The van der Waals surface area contributed by atoms with Gasteiger partial charge < -0.3 is 0 Å². The molecule has 0 radical (unpaired) electrons. The van der Waals surface area contributed by atoms with E-state index >= 15 is 4.39 Å². The van der Waals surface area contributed by atoms with E-state index in [4.69, 9.17) is 0 Å². The third kappa shape index (κ3) is 1.60. The molecule has 1 aliphatic carbocycles. The van der Waals surface area contributed by atoms with Crippen molar-refractivity contribution in [2.45, 2.75) is 5.67 Å². The highest BCUT2D eigenvalue weighted by molar-refractivity contribution is 6.01. The molecule has 1 aliphatic rings. The van der Waals surface area contributed by atoms with E-state index in [2.05, 4.69) is 4.98 Å². The molecule has 3 aromatic carbocycles. The zero-order valence-corrected chi connectivity index (χ0v) is 12.9. The maximum Gasteiger partial charge on any atom is 0.187 e. The maximum absolute atomic E-state index is 16.7. The van der Waals surface area contributed by atoms with Gasteiger partial charge in [0.15, 0.2) is 5.67 Å². The summed E-state index contributed by atoms with van der Waals surface area (Å²) in [6, 6.07) is 24.8. The highest BCUT2D eigenvalue weighted by atomic mass is 19.1. The van der Waals surface area contributed by atoms with Gasteiger partial charge in [0, 0.05) is 28.3 Å². The van der Waals surface area contributed by atoms with Gasteiger partial charge in [0.1, 0.15) is 0 Å². The van der Waals surface area contributed by atoms with Gasteiger partial charge in [-0.3, -0.25) is 4.98 Å². The second-order valence-electron chi connectivity index (χ2n) is 6.13. The maximum atomic E-state index is 16.7. The lowest BCUT2D eigenvalue weighted by molar-refractivity contribution is 0.283. The fourth-order valence-corrected chi connectivity index (χ4v) is 3.84. The van der Waals surface area contributed by atoms with Crippen LogP contribution in [0.4, 0.5) is 4.39 Å². The first-order valence-electron chi connectivity index (χ1n) is 8.02. The van der Waals surface area contributed by atoms with Crippen LogP contribution in [0.1, 0.15) is 16.7 Å². The van der Waals surface area contributed by atoms with E-state index in [1.165, 1.54) is 0 Å². The van der Waals surface area contributed by atoms with Crippen molar-refractivity contribution in [2.24, 2.45) is 0 Å². The number of pyridine rings is 1. The molecule has 0 bridgehead atoms. The van der Waals surface area contributed by atoms with E-state index in [1.54, 1.807) is 6.20 Å². The Kier molecular flexibility index (Phi) is 2.66. The second-order valence-corrected chi connectivity index (χ2v) is 6.13. The van der Waals surface area contributed by atoms with Crippen LogP contribution in [-0.4, -0.2) is 4.98 Å². The average Bonchev–Trinajstić information content (AvgIpc) is 2.66. The summed E-state index contributed by atoms with van der Waals surface area (Å²) in [6.07, 6.45) is 1.80. The van der Waals surface area contributed by atoms with Crippen LogP contribution < -0.4 is 0 Å². The van der Waals surface area contributed by atoms with Crippen LogP contribution in [-0.2, 0) is 5.67 Å². The molecule has 1 heterocycles. The number of hydrogen-bond acceptors (Lipinski definition) is 1. The summed E-state index contributed by atoms with van der Waals surface area (Å²) in [6.45, 7) is 0. The number of halogens is 1. The predicted octanol–water partition coefficient (Wildman–Crippen LogP) is 5.48. The van der Waals surface area contributed by atoms with E-state index in [9.17, 15) is 0 Å². The van der Waals surface area contributed by atoms with Gasteiger partial charge in [-0.1, -0.05) is 72.8 Å². The van der Waals surface area contributed by atoms with Gasteiger partial charge in [-0.2, -0.15) is 0 Å². The molecule has 2 heteroatoms. The fourth-order valence-electron chi connectivity index (χ4n) is 3.84. The summed E-state index contributed by atoms with van der Waals surface area (Å²) in [7, 11) is 0. The molecular weight excluding hydrogens is 297 g/mol. The fraction of sp³-hybridized carbons (Fsp3) is 0.0455. The van der Waals surface area contributed by atoms with Gasteiger partial charge in [0.2, 0.25) is 0 Å². The smallest absolute Gasteiger partial charge is 0.187 e. The van der Waals surface area contributed by atoms with Crippen LogP contribution in [0.15, 0.2) is 85.1 Å². The minimum absolute atomic E-state index is 0.652. The first-order valence-corrected chi connectivity index (χ1v) is 8.02. The molecule has 0 fully saturated rings. The summed E-state index contributed by atoms with van der Waals surface area (Å²) >= 11 is 0. The summed E-state index contributed by atoms with van der Waals surface area (Å²) in [4.78, 5) is 4.57. The molecule has 0 amide bonds. The minimum Gasteiger partial charge on any atom is -0.256 e. The molecule has 0 aliphatic heterocycles. The SMILES string of the molecule is FC1(c2ccccc2)c2ccccc2-c2nccc3cccc1c23. The number of aromatic nitrogens is 1. The lowest BCUT2D eigenvalue weighted by atomic mass is 9.73. The van der Waals surface area contributed by atoms with Crippen LogP contribution in [0.3, 0.4) is 0 Å². The highest BCUT2D eigenvalue weighted by Gasteiger charge is 2.43. The summed E-state index contributed by atoms with van der Waals surface area (Å²) in [5.74, 6) is 0. The number of nitrogens with zero attached hydrogens (tertiary/aromatic N) is 1. The van der Waals surface area contributed by atoms with Gasteiger partial charge in [-0.15, -0.1) is 0 Å². The van der Waals surface area contributed by atoms with Crippen molar-refractivity contribution in [1.29, 1.82) is 0 Å². The first kappa shape index (κ1) is 13.4. The van der Waals surface area contributed by atoms with Crippen LogP contribution in [0, 0.1) is 0 Å². The molecule has 0 spiro atoms. The molecule has 1 nitrogen and oxygen atoms in total. The van der Waals surface area contributed by atoms with Gasteiger partial charge >= 0.3 is 0 Å². The monoisotopic (exact) mass is 311 g/mol. The van der Waals surface area contributed by atoms with Crippen LogP contribution in [0.5, 0.6) is 0 Å². The first-order chi connectivity index (χ1) is 11.8. The van der Waals surface area contributed by atoms with Crippen molar-refractivity contribution in [3.05, 3.63) is 102 Å². The van der Waals surface area contributed by atoms with E-state index < -0.39 is 5.67 Å². The topological polar surface area (TPSA) is 12.9 Å². The Morgan fingerprint density at radius 1 is 0.708 bits per heavy atom. The molecule has 0 saturated carbocycles. The Morgan fingerprint density at radius 2 is 1.46 bits per heavy atom. The molecule has 1 unspecified atom stereocenters. The lowest BCUT2D eigenvalue weighted by Crippen LogP contribution is -2.27. The number of fused-ring (bicyclic) bond motifs is 2. The van der Waals surface area contributed by atoms with Crippen molar-refractivity contribution in [3.63, 3.8) is 0 Å². The van der Waals surface area contributed by atoms with E-state index in [1.807, 2.05) is 78.9 Å². The van der Waals surface area contributed by atoms with Crippen molar-refractivity contribution in [3.8, 4) is 11.3 Å². The predicted molar refractivity (Wildman–Crippen MR) is 94.6 cm³/mol. The van der Waals surface area contributed by atoms with Crippen LogP contribution in [0.2, 0.25) is 0 Å². The Hall–Kier alpha value is -3.00. The van der Waals surface area contributed by atoms with Gasteiger partial charge in [-0.05, 0) is 17.0 Å². The molecule has 5 rings (SSSR count). The minimum atomic E-state index is -1.67. The molecule has 4 aromatic rings. The molecule has 114 valence electrons. The zero-order chi connectivity index (χ0) is 16.1. The van der Waals surface area contributed by atoms with E-state index in [0.717, 1.165) is 22.0 Å². The van der Waals surface area contributed by atoms with E-state index in [-0.39, 0.29) is 0 Å². The van der Waals surface area contributed by atoms with E-state index in [0.29, 0.717) is 16.7 Å². The normalized spacial score (nSPS) is 18.4. The van der Waals surface area contributed by atoms with Crippen molar-refractivity contribution in [1.82, 2.24) is 4.98 Å². The summed E-state index contributed by atoms with van der Waals surface area (Å²) in [5.41, 5.74) is 2.05. The summed E-state index contributed by atoms with van der Waals surface area (Å²) < 4.78 is 16.7. The third-order valence-electron chi connectivity index (χ3n) is 4.89. The Morgan fingerprint density at radius 3 is 2.33 bits per heavy atom. The van der Waals surface area contributed by atoms with Crippen molar-refractivity contribution < 1.29 is 4.39 Å². The largest absolute Gasteiger partial charge is 0.256 e. The average molecular weight is 311 g/mol. The second kappa shape index (κ2) is 4.75. The molecule has 24 heavy (non-hydrogen) atoms. The molecule has 0 N–H and O–H groups in total. The number of hydrogen-bond donors (Lipinski definition) is 0. The van der Waals surface area contributed by atoms with Crippen molar-refractivity contribution >= 4 is 10.8 Å². The number of benzene rings is 3. The zero-order valence-electron chi connectivity index (χ0n) is 12.9. The van der Waals surface area contributed by atoms with Crippen LogP contribution >= 0.6 is 0 Å². The summed E-state index contributed by atoms with van der Waals surface area (Å²) in [5, 5.41) is 1.93. The number of alkyl halides is 1. The third-order valence-corrected chi connectivity index (χ3v) is 4.89. The standard InChI is InChI=1S/C22H14FN/c23-22(16-8-2-1-3-9-16)18-11-5-4-10-17(18)21-20-15(13-14-24-21)7-6-12-19(20)22/h1-14H. The van der Waals surface area contributed by atoms with Gasteiger partial charge in [0.05, 0.1) is 5.69 Å². The Bertz CT molecular complexity index is 1070. The Labute approximate surface area is 139 Å². The lowest BCUT2D eigenvalue weighted by Gasteiger charge is -2.34. The van der Waals surface area contributed by atoms with Crippen LogP contribution in [0.25, 0.3) is 22.0 Å².